The highest BCUT2D eigenvalue weighted by Gasteiger charge is 2.19. The second-order valence-corrected chi connectivity index (χ2v) is 22.0. The smallest absolute Gasteiger partial charge is 0.306 e. The van der Waals surface area contributed by atoms with E-state index in [-0.39, 0.29) is 31.1 Å². The van der Waals surface area contributed by atoms with Crippen LogP contribution in [0, 0.1) is 0 Å². The normalized spacial score (nSPS) is 12.2. The monoisotopic (exact) mass is 1020 g/mol. The van der Waals surface area contributed by atoms with E-state index in [2.05, 4.69) is 57.2 Å². The minimum atomic E-state index is -0.776. The summed E-state index contributed by atoms with van der Waals surface area (Å²) in [6.07, 6.45) is 76.0. The third-order valence-electron chi connectivity index (χ3n) is 14.6. The highest BCUT2D eigenvalue weighted by Crippen LogP contribution is 2.17. The average molecular weight is 1030 g/mol. The molecule has 0 aromatic rings. The Morgan fingerprint density at radius 3 is 0.740 bits per heavy atom. The van der Waals surface area contributed by atoms with Gasteiger partial charge in [-0.25, -0.2) is 0 Å². The first-order chi connectivity index (χ1) is 36.0. The Morgan fingerprint density at radius 1 is 0.260 bits per heavy atom. The lowest BCUT2D eigenvalue weighted by atomic mass is 10.0. The van der Waals surface area contributed by atoms with Gasteiger partial charge in [-0.2, -0.15) is 0 Å². The van der Waals surface area contributed by atoms with Crippen molar-refractivity contribution in [3.05, 3.63) is 36.5 Å². The van der Waals surface area contributed by atoms with Crippen LogP contribution >= 0.6 is 0 Å². The third kappa shape index (κ3) is 60.4. The molecule has 0 spiro atoms. The first kappa shape index (κ1) is 70.6. The van der Waals surface area contributed by atoms with Crippen molar-refractivity contribution in [2.24, 2.45) is 0 Å². The minimum absolute atomic E-state index is 0.0732. The van der Waals surface area contributed by atoms with Gasteiger partial charge in [0.15, 0.2) is 6.10 Å². The molecule has 0 rings (SSSR count). The highest BCUT2D eigenvalue weighted by molar-refractivity contribution is 5.71. The summed E-state index contributed by atoms with van der Waals surface area (Å²) in [4.78, 5) is 38.2. The summed E-state index contributed by atoms with van der Waals surface area (Å²) in [6.45, 7) is 6.62. The van der Waals surface area contributed by atoms with E-state index in [1.807, 2.05) is 0 Å². The van der Waals surface area contributed by atoms with Crippen molar-refractivity contribution in [1.82, 2.24) is 0 Å². The Morgan fingerprint density at radius 2 is 0.479 bits per heavy atom. The zero-order valence-electron chi connectivity index (χ0n) is 49.2. The summed E-state index contributed by atoms with van der Waals surface area (Å²) < 4.78 is 16.9. The van der Waals surface area contributed by atoms with Gasteiger partial charge in [0.05, 0.1) is 0 Å². The summed E-state index contributed by atoms with van der Waals surface area (Å²) in [6, 6.07) is 0. The maximum atomic E-state index is 12.9. The van der Waals surface area contributed by atoms with Crippen molar-refractivity contribution in [3.63, 3.8) is 0 Å². The van der Waals surface area contributed by atoms with Crippen molar-refractivity contribution in [2.45, 2.75) is 361 Å². The predicted molar refractivity (Wildman–Crippen MR) is 316 cm³/mol. The van der Waals surface area contributed by atoms with E-state index in [0.717, 1.165) is 70.6 Å². The lowest BCUT2D eigenvalue weighted by Gasteiger charge is -2.18. The number of allylic oxidation sites excluding steroid dienone is 6. The second kappa shape index (κ2) is 62.2. The van der Waals surface area contributed by atoms with E-state index in [1.165, 1.54) is 244 Å². The molecule has 0 N–H and O–H groups in total. The van der Waals surface area contributed by atoms with E-state index >= 15 is 0 Å². The summed E-state index contributed by atoms with van der Waals surface area (Å²) >= 11 is 0. The molecule has 0 aliphatic heterocycles. The van der Waals surface area contributed by atoms with Gasteiger partial charge in [-0.1, -0.05) is 282 Å². The van der Waals surface area contributed by atoms with Crippen LogP contribution in [0.2, 0.25) is 0 Å². The summed E-state index contributed by atoms with van der Waals surface area (Å²) in [5, 5.41) is 0. The molecule has 0 bridgehead atoms. The number of carbonyl (C=O) groups excluding carboxylic acids is 3. The van der Waals surface area contributed by atoms with E-state index in [4.69, 9.17) is 14.2 Å². The highest BCUT2D eigenvalue weighted by atomic mass is 16.6. The van der Waals surface area contributed by atoms with Gasteiger partial charge >= 0.3 is 17.9 Å². The van der Waals surface area contributed by atoms with Crippen LogP contribution in [0.4, 0.5) is 0 Å². The molecule has 1 unspecified atom stereocenters. The number of esters is 3. The minimum Gasteiger partial charge on any atom is -0.462 e. The lowest BCUT2D eigenvalue weighted by molar-refractivity contribution is -0.167. The van der Waals surface area contributed by atoms with Crippen LogP contribution in [0.25, 0.3) is 0 Å². The maximum absolute atomic E-state index is 12.9. The van der Waals surface area contributed by atoms with Crippen LogP contribution in [0.3, 0.4) is 0 Å². The fourth-order valence-corrected chi connectivity index (χ4v) is 9.67. The van der Waals surface area contributed by atoms with Crippen LogP contribution < -0.4 is 0 Å². The molecule has 6 nitrogen and oxygen atoms in total. The molecule has 6 heteroatoms. The van der Waals surface area contributed by atoms with Crippen molar-refractivity contribution in [3.8, 4) is 0 Å². The Bertz CT molecular complexity index is 1220. The molecular formula is C67H124O6. The Kier molecular flexibility index (Phi) is 60.2. The number of ether oxygens (including phenoxy) is 3. The fraction of sp³-hybridized carbons (Fsp3) is 0.866. The third-order valence-corrected chi connectivity index (χ3v) is 14.6. The Labute approximate surface area is 455 Å². The van der Waals surface area contributed by atoms with Crippen molar-refractivity contribution in [1.29, 1.82) is 0 Å². The van der Waals surface area contributed by atoms with Gasteiger partial charge in [0, 0.05) is 19.3 Å². The number of hydrogen-bond donors (Lipinski definition) is 0. The molecule has 1 atom stereocenters. The Balaban J connectivity index is 4.16. The molecule has 0 aromatic heterocycles. The molecule has 428 valence electrons. The van der Waals surface area contributed by atoms with Crippen LogP contribution in [0.15, 0.2) is 36.5 Å². The van der Waals surface area contributed by atoms with Crippen LogP contribution in [0.1, 0.15) is 355 Å². The molecule has 0 amide bonds. The molecule has 0 aliphatic rings. The number of unbranched alkanes of at least 4 members (excludes halogenated alkanes) is 43. The second-order valence-electron chi connectivity index (χ2n) is 22.0. The van der Waals surface area contributed by atoms with Gasteiger partial charge in [0.2, 0.25) is 0 Å². The maximum Gasteiger partial charge on any atom is 0.306 e. The van der Waals surface area contributed by atoms with E-state index < -0.39 is 6.10 Å². The van der Waals surface area contributed by atoms with Gasteiger partial charge in [-0.15, -0.1) is 0 Å². The van der Waals surface area contributed by atoms with E-state index in [1.54, 1.807) is 0 Å². The zero-order valence-corrected chi connectivity index (χ0v) is 49.2. The van der Waals surface area contributed by atoms with Gasteiger partial charge < -0.3 is 14.2 Å². The van der Waals surface area contributed by atoms with Crippen molar-refractivity contribution >= 4 is 17.9 Å². The lowest BCUT2D eigenvalue weighted by Crippen LogP contribution is -2.30. The summed E-state index contributed by atoms with van der Waals surface area (Å²) in [5.74, 6) is -0.869. The largest absolute Gasteiger partial charge is 0.462 e. The average Bonchev–Trinajstić information content (AvgIpc) is 3.39. The first-order valence-corrected chi connectivity index (χ1v) is 32.5. The quantitative estimate of drug-likeness (QED) is 0.0261. The van der Waals surface area contributed by atoms with Crippen LogP contribution in [-0.4, -0.2) is 37.2 Å². The van der Waals surface area contributed by atoms with E-state index in [0.29, 0.717) is 19.3 Å². The Hall–Kier alpha value is -2.37. The topological polar surface area (TPSA) is 78.9 Å². The SMILES string of the molecule is CCC/C=C\CCCCCCCC(=O)OCC(COC(=O)CCCCCCCCCCCCCCCCC/C=C\CCCCCCCCCC)OC(=O)CCCCCCCCC/C=C\CCCCCCCCC. The van der Waals surface area contributed by atoms with Gasteiger partial charge in [-0.3, -0.25) is 14.4 Å². The van der Waals surface area contributed by atoms with Crippen molar-refractivity contribution in [2.75, 3.05) is 13.2 Å². The molecule has 73 heavy (non-hydrogen) atoms. The number of rotatable bonds is 60. The molecule has 0 saturated carbocycles. The summed E-state index contributed by atoms with van der Waals surface area (Å²) in [7, 11) is 0. The number of carbonyl (C=O) groups is 3. The van der Waals surface area contributed by atoms with E-state index in [9.17, 15) is 14.4 Å². The molecule has 0 radical (unpaired) electrons. The standard InChI is InChI=1S/C67H124O6/c1-4-7-10-13-16-19-22-24-26-28-30-31-32-33-34-35-36-37-38-40-41-43-45-48-51-54-57-60-66(69)72-63-64(62-71-65(68)59-56-53-50-47-21-18-15-12-9-6-3)73-67(70)61-58-55-52-49-46-44-42-39-29-27-25-23-20-17-14-11-8-5-2/h12,15,27-30,64H,4-11,13-14,16-26,31-63H2,1-3H3/b15-12-,29-27-,30-28-. The van der Waals surface area contributed by atoms with Crippen LogP contribution in [-0.2, 0) is 28.6 Å². The van der Waals surface area contributed by atoms with Crippen molar-refractivity contribution < 1.29 is 28.6 Å². The molecule has 0 saturated heterocycles. The zero-order chi connectivity index (χ0) is 52.9. The molecule has 0 fully saturated rings. The number of hydrogen-bond acceptors (Lipinski definition) is 6. The molecular weight excluding hydrogens is 901 g/mol. The molecule has 0 heterocycles. The van der Waals surface area contributed by atoms with Gasteiger partial charge in [0.25, 0.3) is 0 Å². The van der Waals surface area contributed by atoms with Gasteiger partial charge in [0.1, 0.15) is 13.2 Å². The predicted octanol–water partition coefficient (Wildman–Crippen LogP) is 22.0. The molecule has 0 aliphatic carbocycles. The first-order valence-electron chi connectivity index (χ1n) is 32.5. The summed E-state index contributed by atoms with van der Waals surface area (Å²) in [5.41, 5.74) is 0. The van der Waals surface area contributed by atoms with Crippen LogP contribution in [0.5, 0.6) is 0 Å². The molecule has 0 aromatic carbocycles. The van der Waals surface area contributed by atoms with Gasteiger partial charge in [-0.05, 0) is 89.9 Å². The fourth-order valence-electron chi connectivity index (χ4n) is 9.67.